The van der Waals surface area contributed by atoms with E-state index in [4.69, 9.17) is 11.6 Å². The summed E-state index contributed by atoms with van der Waals surface area (Å²) < 4.78 is 36.8. The summed E-state index contributed by atoms with van der Waals surface area (Å²) in [6.45, 7) is 3.36. The highest BCUT2D eigenvalue weighted by atomic mass is 35.5. The van der Waals surface area contributed by atoms with Crippen molar-refractivity contribution >= 4 is 17.5 Å². The van der Waals surface area contributed by atoms with Crippen molar-refractivity contribution in [3.63, 3.8) is 0 Å². The molecule has 0 aliphatic carbocycles. The molecular formula is C19H26ClF3N2O. The van der Waals surface area contributed by atoms with E-state index < -0.39 is 24.9 Å². The molecule has 0 N–H and O–H groups in total. The Morgan fingerprint density at radius 3 is 2.65 bits per heavy atom. The second-order valence-corrected chi connectivity index (χ2v) is 7.51. The van der Waals surface area contributed by atoms with Crippen molar-refractivity contribution in [1.82, 2.24) is 9.80 Å². The van der Waals surface area contributed by atoms with Crippen LogP contribution in [0.4, 0.5) is 13.2 Å². The number of benzene rings is 1. The van der Waals surface area contributed by atoms with Gasteiger partial charge in [-0.2, -0.15) is 13.2 Å². The third-order valence-electron chi connectivity index (χ3n) is 4.81. The number of carbonyl (C=O) groups excluding carboxylic acids is 1. The summed E-state index contributed by atoms with van der Waals surface area (Å²) in [6.07, 6.45) is -2.80. The van der Waals surface area contributed by atoms with E-state index in [1.54, 1.807) is 7.05 Å². The molecule has 0 unspecified atom stereocenters. The summed E-state index contributed by atoms with van der Waals surface area (Å²) >= 11 is 5.90. The number of amides is 1. The number of nitrogens with zero attached hydrogens (tertiary/aromatic N) is 2. The van der Waals surface area contributed by atoms with E-state index in [1.165, 1.54) is 10.5 Å². The van der Waals surface area contributed by atoms with Gasteiger partial charge in [-0.1, -0.05) is 23.7 Å². The van der Waals surface area contributed by atoms with Gasteiger partial charge in [0.1, 0.15) is 0 Å². The number of likely N-dealkylation sites (tertiary alicyclic amines) is 1. The van der Waals surface area contributed by atoms with Crippen LogP contribution in [0.25, 0.3) is 0 Å². The van der Waals surface area contributed by atoms with E-state index in [1.807, 2.05) is 24.3 Å². The topological polar surface area (TPSA) is 23.6 Å². The van der Waals surface area contributed by atoms with Crippen LogP contribution in [0.5, 0.6) is 0 Å². The molecule has 1 saturated heterocycles. The predicted molar refractivity (Wildman–Crippen MR) is 97.2 cm³/mol. The fraction of sp³-hybridized carbons (Fsp3) is 0.632. The fourth-order valence-electron chi connectivity index (χ4n) is 3.37. The van der Waals surface area contributed by atoms with E-state index in [9.17, 15) is 18.0 Å². The molecule has 3 nitrogen and oxygen atoms in total. The van der Waals surface area contributed by atoms with Crippen molar-refractivity contribution < 1.29 is 18.0 Å². The summed E-state index contributed by atoms with van der Waals surface area (Å²) in [5.74, 6) is -0.116. The third-order valence-corrected chi connectivity index (χ3v) is 5.07. The third kappa shape index (κ3) is 7.54. The monoisotopic (exact) mass is 390 g/mol. The minimum absolute atomic E-state index is 0.314. The van der Waals surface area contributed by atoms with Crippen LogP contribution < -0.4 is 0 Å². The Morgan fingerprint density at radius 2 is 2.00 bits per heavy atom. The summed E-state index contributed by atoms with van der Waals surface area (Å²) in [5.41, 5.74) is 1.23. The van der Waals surface area contributed by atoms with Gasteiger partial charge in [-0.15, -0.1) is 0 Å². The van der Waals surface area contributed by atoms with Gasteiger partial charge >= 0.3 is 6.18 Å². The van der Waals surface area contributed by atoms with Crippen molar-refractivity contribution in [3.8, 4) is 0 Å². The molecule has 1 aromatic rings. The Morgan fingerprint density at radius 1 is 1.31 bits per heavy atom. The second-order valence-electron chi connectivity index (χ2n) is 7.07. The van der Waals surface area contributed by atoms with Gasteiger partial charge in [0.05, 0.1) is 6.42 Å². The molecule has 1 aromatic carbocycles. The number of carbonyl (C=O) groups is 1. The van der Waals surface area contributed by atoms with E-state index in [0.29, 0.717) is 12.5 Å². The molecule has 2 rings (SSSR count). The first-order chi connectivity index (χ1) is 12.2. The van der Waals surface area contributed by atoms with Crippen molar-refractivity contribution in [2.24, 2.45) is 5.92 Å². The maximum atomic E-state index is 12.3. The molecule has 0 aromatic heterocycles. The van der Waals surface area contributed by atoms with Crippen LogP contribution in [0.15, 0.2) is 24.3 Å². The molecule has 26 heavy (non-hydrogen) atoms. The van der Waals surface area contributed by atoms with Crippen LogP contribution in [-0.4, -0.2) is 55.1 Å². The summed E-state index contributed by atoms with van der Waals surface area (Å²) in [6, 6.07) is 7.82. The lowest BCUT2D eigenvalue weighted by molar-refractivity contribution is -0.148. The molecule has 0 spiro atoms. The maximum absolute atomic E-state index is 12.3. The highest BCUT2D eigenvalue weighted by Gasteiger charge is 2.29. The summed E-state index contributed by atoms with van der Waals surface area (Å²) in [7, 11) is 1.60. The molecule has 0 bridgehead atoms. The van der Waals surface area contributed by atoms with Gasteiger partial charge in [0.15, 0.2) is 0 Å². The fourth-order valence-corrected chi connectivity index (χ4v) is 3.50. The van der Waals surface area contributed by atoms with Crippen LogP contribution in [0.2, 0.25) is 5.02 Å². The van der Waals surface area contributed by atoms with Crippen molar-refractivity contribution in [2.45, 2.75) is 38.3 Å². The molecule has 1 fully saturated rings. The van der Waals surface area contributed by atoms with Crippen LogP contribution >= 0.6 is 11.6 Å². The zero-order valence-electron chi connectivity index (χ0n) is 15.1. The maximum Gasteiger partial charge on any atom is 0.389 e. The van der Waals surface area contributed by atoms with Crippen LogP contribution in [0.3, 0.4) is 0 Å². The molecule has 7 heteroatoms. The van der Waals surface area contributed by atoms with Gasteiger partial charge in [0.2, 0.25) is 5.91 Å². The lowest BCUT2D eigenvalue weighted by Gasteiger charge is -2.34. The van der Waals surface area contributed by atoms with Gasteiger partial charge in [-0.25, -0.2) is 0 Å². The average molecular weight is 391 g/mol. The Bertz CT molecular complexity index is 577. The standard InChI is InChI=1S/C19H26ClF3N2O/c1-24(18(26)8-10-19(21,22)23)13-16-3-2-11-25(14-16)12-9-15-4-6-17(20)7-5-15/h4-7,16H,2-3,8-14H2,1H3/t16-/m0/s1. The number of halogens is 4. The molecule has 1 aliphatic rings. The van der Waals surface area contributed by atoms with E-state index in [-0.39, 0.29) is 0 Å². The second kappa shape index (κ2) is 9.60. The van der Waals surface area contributed by atoms with Gasteiger partial charge < -0.3 is 9.80 Å². The number of hydrogen-bond acceptors (Lipinski definition) is 2. The number of hydrogen-bond donors (Lipinski definition) is 0. The highest BCUT2D eigenvalue weighted by molar-refractivity contribution is 6.30. The molecule has 1 aliphatic heterocycles. The normalized spacial score (nSPS) is 18.7. The Hall–Kier alpha value is -1.27. The molecule has 1 atom stereocenters. The lowest BCUT2D eigenvalue weighted by atomic mass is 9.97. The van der Waals surface area contributed by atoms with E-state index in [0.717, 1.165) is 43.9 Å². The van der Waals surface area contributed by atoms with Gasteiger partial charge in [0, 0.05) is 38.1 Å². The number of rotatable bonds is 7. The first-order valence-electron chi connectivity index (χ1n) is 9.00. The van der Waals surface area contributed by atoms with E-state index >= 15 is 0 Å². The van der Waals surface area contributed by atoms with Gasteiger partial charge in [0.25, 0.3) is 0 Å². The molecule has 146 valence electrons. The summed E-state index contributed by atoms with van der Waals surface area (Å²) in [4.78, 5) is 15.7. The first-order valence-corrected chi connectivity index (χ1v) is 9.38. The lowest BCUT2D eigenvalue weighted by Crippen LogP contribution is -2.42. The smallest absolute Gasteiger partial charge is 0.345 e. The number of piperidine rings is 1. The highest BCUT2D eigenvalue weighted by Crippen LogP contribution is 2.23. The number of alkyl halides is 3. The minimum Gasteiger partial charge on any atom is -0.345 e. The Kier molecular flexibility index (Phi) is 7.77. The molecule has 0 radical (unpaired) electrons. The zero-order valence-corrected chi connectivity index (χ0v) is 15.8. The minimum atomic E-state index is -4.28. The Balaban J connectivity index is 1.74. The van der Waals surface area contributed by atoms with Crippen molar-refractivity contribution in [2.75, 3.05) is 33.2 Å². The Labute approximate surface area is 158 Å². The summed E-state index contributed by atoms with van der Waals surface area (Å²) in [5, 5.41) is 0.727. The first kappa shape index (κ1) is 21.0. The average Bonchev–Trinajstić information content (AvgIpc) is 2.59. The van der Waals surface area contributed by atoms with Crippen LogP contribution in [0, 0.1) is 5.92 Å². The predicted octanol–water partition coefficient (Wildman–Crippen LogP) is 4.40. The largest absolute Gasteiger partial charge is 0.389 e. The van der Waals surface area contributed by atoms with Crippen LogP contribution in [-0.2, 0) is 11.2 Å². The van der Waals surface area contributed by atoms with Crippen molar-refractivity contribution in [3.05, 3.63) is 34.9 Å². The molecule has 1 heterocycles. The van der Waals surface area contributed by atoms with Gasteiger partial charge in [-0.3, -0.25) is 4.79 Å². The van der Waals surface area contributed by atoms with Crippen molar-refractivity contribution in [1.29, 1.82) is 0 Å². The van der Waals surface area contributed by atoms with E-state index in [2.05, 4.69) is 4.90 Å². The molecule has 0 saturated carbocycles. The SMILES string of the molecule is CN(C[C@@H]1CCCN(CCc2ccc(Cl)cc2)C1)C(=O)CCC(F)(F)F. The zero-order chi connectivity index (χ0) is 19.2. The molecule has 1 amide bonds. The molecular weight excluding hydrogens is 365 g/mol. The van der Waals surface area contributed by atoms with Crippen LogP contribution in [0.1, 0.15) is 31.2 Å². The van der Waals surface area contributed by atoms with Gasteiger partial charge in [-0.05, 0) is 49.4 Å². The quantitative estimate of drug-likeness (QED) is 0.689.